The quantitative estimate of drug-likeness (QED) is 0.723. The molecule has 3 nitrogen and oxygen atoms in total. The monoisotopic (exact) mass is 252 g/mol. The number of rotatable bonds is 4. The molecule has 0 spiro atoms. The van der Waals surface area contributed by atoms with Gasteiger partial charge in [0.15, 0.2) is 0 Å². The molecule has 0 fully saturated rings. The summed E-state index contributed by atoms with van der Waals surface area (Å²) in [7, 11) is 0. The highest BCUT2D eigenvalue weighted by atomic mass is 16.5. The van der Waals surface area contributed by atoms with Crippen LogP contribution >= 0.6 is 0 Å². The highest BCUT2D eigenvalue weighted by molar-refractivity contribution is 5.83. The molecular weight excluding hydrogens is 236 g/mol. The molecular formula is C16H16N2O. The van der Waals surface area contributed by atoms with Crippen LogP contribution in [0.4, 0.5) is 5.69 Å². The van der Waals surface area contributed by atoms with E-state index in [0.29, 0.717) is 13.3 Å². The van der Waals surface area contributed by atoms with E-state index >= 15 is 0 Å². The van der Waals surface area contributed by atoms with Gasteiger partial charge < -0.3 is 15.0 Å². The van der Waals surface area contributed by atoms with Crippen molar-refractivity contribution in [1.29, 1.82) is 0 Å². The zero-order valence-corrected chi connectivity index (χ0v) is 10.6. The smallest absolute Gasteiger partial charge is 0.123 e. The van der Waals surface area contributed by atoms with E-state index in [1.165, 1.54) is 5.56 Å². The normalized spacial score (nSPS) is 10.9. The van der Waals surface area contributed by atoms with Crippen LogP contribution in [0.15, 0.2) is 60.8 Å². The predicted octanol–water partition coefficient (Wildman–Crippen LogP) is 3.40. The fourth-order valence-corrected chi connectivity index (χ4v) is 2.17. The van der Waals surface area contributed by atoms with Crippen molar-refractivity contribution in [2.45, 2.75) is 13.3 Å². The molecule has 96 valence electrons. The first-order valence-corrected chi connectivity index (χ1v) is 6.29. The predicted molar refractivity (Wildman–Crippen MR) is 77.6 cm³/mol. The molecule has 0 unspecified atom stereocenters. The second-order valence-corrected chi connectivity index (χ2v) is 4.57. The Balaban J connectivity index is 1.69. The van der Waals surface area contributed by atoms with E-state index in [1.54, 1.807) is 0 Å². The lowest BCUT2D eigenvalue weighted by atomic mass is 10.2. The van der Waals surface area contributed by atoms with Gasteiger partial charge in [-0.2, -0.15) is 0 Å². The van der Waals surface area contributed by atoms with Crippen LogP contribution in [0, 0.1) is 0 Å². The minimum atomic E-state index is 0.544. The first-order valence-electron chi connectivity index (χ1n) is 6.29. The van der Waals surface area contributed by atoms with E-state index in [1.807, 2.05) is 42.6 Å². The molecule has 0 bridgehead atoms. The number of benzene rings is 2. The van der Waals surface area contributed by atoms with E-state index in [-0.39, 0.29) is 0 Å². The first kappa shape index (κ1) is 11.8. The van der Waals surface area contributed by atoms with Gasteiger partial charge in [0.05, 0.1) is 12.1 Å². The average Bonchev–Trinajstić information content (AvgIpc) is 2.82. The van der Waals surface area contributed by atoms with E-state index < -0.39 is 0 Å². The van der Waals surface area contributed by atoms with E-state index in [4.69, 9.17) is 10.5 Å². The van der Waals surface area contributed by atoms with Crippen LogP contribution in [0.2, 0.25) is 0 Å². The van der Waals surface area contributed by atoms with Crippen molar-refractivity contribution in [3.8, 4) is 0 Å². The minimum Gasteiger partial charge on any atom is -0.399 e. The minimum absolute atomic E-state index is 0.544. The number of hydrogen-bond donors (Lipinski definition) is 1. The van der Waals surface area contributed by atoms with Crippen molar-refractivity contribution in [2.24, 2.45) is 0 Å². The van der Waals surface area contributed by atoms with Gasteiger partial charge in [-0.1, -0.05) is 30.3 Å². The molecule has 3 rings (SSSR count). The third-order valence-corrected chi connectivity index (χ3v) is 3.14. The van der Waals surface area contributed by atoms with Crippen LogP contribution in [0.5, 0.6) is 0 Å². The topological polar surface area (TPSA) is 40.2 Å². The number of nitrogen functional groups attached to an aromatic ring is 1. The fraction of sp³-hybridized carbons (Fsp3) is 0.125. The maximum atomic E-state index is 5.77. The largest absolute Gasteiger partial charge is 0.399 e. The summed E-state index contributed by atoms with van der Waals surface area (Å²) in [4.78, 5) is 0. The summed E-state index contributed by atoms with van der Waals surface area (Å²) in [5, 5.41) is 1.14. The highest BCUT2D eigenvalue weighted by Crippen LogP contribution is 2.18. The van der Waals surface area contributed by atoms with Crippen molar-refractivity contribution in [2.75, 3.05) is 5.73 Å². The molecule has 0 saturated carbocycles. The number of fused-ring (bicyclic) bond motifs is 1. The maximum absolute atomic E-state index is 5.77. The summed E-state index contributed by atoms with van der Waals surface area (Å²) in [5.41, 5.74) is 8.88. The molecule has 2 N–H and O–H groups in total. The third-order valence-electron chi connectivity index (χ3n) is 3.14. The van der Waals surface area contributed by atoms with Gasteiger partial charge in [-0.05, 0) is 29.8 Å². The van der Waals surface area contributed by atoms with Gasteiger partial charge in [0.2, 0.25) is 0 Å². The van der Waals surface area contributed by atoms with Crippen LogP contribution in [0.25, 0.3) is 10.9 Å². The molecule has 1 aromatic heterocycles. The molecule has 1 heterocycles. The number of nitrogens with two attached hydrogens (primary N) is 1. The SMILES string of the molecule is Nc1ccc2c(ccn2COCc2ccccc2)c1. The lowest BCUT2D eigenvalue weighted by Crippen LogP contribution is -2.01. The standard InChI is InChI=1S/C16H16N2O/c17-15-6-7-16-14(10-15)8-9-18(16)12-19-11-13-4-2-1-3-5-13/h1-10H,11-12,17H2. The van der Waals surface area contributed by atoms with Crippen molar-refractivity contribution in [3.05, 3.63) is 66.4 Å². The Bertz CT molecular complexity index is 674. The zero-order chi connectivity index (χ0) is 13.1. The van der Waals surface area contributed by atoms with Crippen molar-refractivity contribution in [1.82, 2.24) is 4.57 Å². The van der Waals surface area contributed by atoms with Gasteiger partial charge >= 0.3 is 0 Å². The summed E-state index contributed by atoms with van der Waals surface area (Å²) in [5.74, 6) is 0. The Labute approximate surface area is 112 Å². The van der Waals surface area contributed by atoms with Crippen molar-refractivity contribution in [3.63, 3.8) is 0 Å². The van der Waals surface area contributed by atoms with Gasteiger partial charge in [-0.3, -0.25) is 0 Å². The molecule has 0 radical (unpaired) electrons. The Morgan fingerprint density at radius 1 is 1.00 bits per heavy atom. The Morgan fingerprint density at radius 3 is 2.68 bits per heavy atom. The molecule has 0 aliphatic carbocycles. The molecule has 0 saturated heterocycles. The number of anilines is 1. The molecule has 0 aliphatic rings. The Morgan fingerprint density at radius 2 is 1.84 bits per heavy atom. The zero-order valence-electron chi connectivity index (χ0n) is 10.6. The summed E-state index contributed by atoms with van der Waals surface area (Å²) in [6, 6.07) is 18.1. The second kappa shape index (κ2) is 5.16. The number of ether oxygens (including phenoxy) is 1. The summed E-state index contributed by atoms with van der Waals surface area (Å²) in [6.45, 7) is 1.16. The average molecular weight is 252 g/mol. The van der Waals surface area contributed by atoms with Crippen LogP contribution in [-0.4, -0.2) is 4.57 Å². The molecule has 0 amide bonds. The number of aromatic nitrogens is 1. The van der Waals surface area contributed by atoms with Crippen LogP contribution in [0.3, 0.4) is 0 Å². The first-order chi connectivity index (χ1) is 9.33. The van der Waals surface area contributed by atoms with Crippen LogP contribution in [0.1, 0.15) is 5.56 Å². The van der Waals surface area contributed by atoms with Gasteiger partial charge in [-0.25, -0.2) is 0 Å². The van der Waals surface area contributed by atoms with E-state index in [0.717, 1.165) is 16.6 Å². The Hall–Kier alpha value is -2.26. The third kappa shape index (κ3) is 2.61. The molecule has 0 atom stereocenters. The number of hydrogen-bond acceptors (Lipinski definition) is 2. The number of nitrogens with zero attached hydrogens (tertiary/aromatic N) is 1. The molecule has 2 aromatic carbocycles. The van der Waals surface area contributed by atoms with Crippen LogP contribution in [-0.2, 0) is 18.1 Å². The summed E-state index contributed by atoms with van der Waals surface area (Å²) >= 11 is 0. The van der Waals surface area contributed by atoms with Gasteiger partial charge in [0.25, 0.3) is 0 Å². The van der Waals surface area contributed by atoms with Gasteiger partial charge in [0.1, 0.15) is 6.73 Å². The van der Waals surface area contributed by atoms with Crippen LogP contribution < -0.4 is 5.73 Å². The van der Waals surface area contributed by atoms with Gasteiger partial charge in [0, 0.05) is 17.3 Å². The lowest BCUT2D eigenvalue weighted by Gasteiger charge is -2.07. The summed E-state index contributed by atoms with van der Waals surface area (Å²) in [6.07, 6.45) is 2.02. The maximum Gasteiger partial charge on any atom is 0.123 e. The lowest BCUT2D eigenvalue weighted by molar-refractivity contribution is 0.0668. The Kier molecular flexibility index (Phi) is 3.21. The molecule has 3 aromatic rings. The second-order valence-electron chi connectivity index (χ2n) is 4.57. The highest BCUT2D eigenvalue weighted by Gasteiger charge is 2.01. The van der Waals surface area contributed by atoms with Crippen molar-refractivity contribution < 1.29 is 4.74 Å². The summed E-state index contributed by atoms with van der Waals surface area (Å²) < 4.78 is 7.82. The van der Waals surface area contributed by atoms with E-state index in [9.17, 15) is 0 Å². The fourth-order valence-electron chi connectivity index (χ4n) is 2.17. The molecule has 0 aliphatic heterocycles. The molecule has 19 heavy (non-hydrogen) atoms. The van der Waals surface area contributed by atoms with Gasteiger partial charge in [-0.15, -0.1) is 0 Å². The van der Waals surface area contributed by atoms with Crippen molar-refractivity contribution >= 4 is 16.6 Å². The van der Waals surface area contributed by atoms with E-state index in [2.05, 4.69) is 22.8 Å². The molecule has 3 heteroatoms.